The summed E-state index contributed by atoms with van der Waals surface area (Å²) in [4.78, 5) is 0. The van der Waals surface area contributed by atoms with Crippen molar-refractivity contribution in [2.45, 2.75) is 0 Å². The molecule has 0 atom stereocenters. The largest absolute Gasteiger partial charge is 0.432 e. The van der Waals surface area contributed by atoms with E-state index in [1.54, 1.807) is 11.3 Å². The predicted molar refractivity (Wildman–Crippen MR) is 62.3 cm³/mol. The van der Waals surface area contributed by atoms with Crippen molar-refractivity contribution in [2.24, 2.45) is 0 Å². The zero-order chi connectivity index (χ0) is 10.5. The third kappa shape index (κ3) is 10.9. The lowest BCUT2D eigenvalue weighted by Gasteiger charge is -1.69. The zero-order valence-corrected chi connectivity index (χ0v) is 8.60. The van der Waals surface area contributed by atoms with Gasteiger partial charge in [0, 0.05) is 0 Å². The molecule has 2 aromatic rings. The van der Waals surface area contributed by atoms with Gasteiger partial charge in [-0.2, -0.15) is 11.3 Å². The molecule has 0 aliphatic carbocycles. The van der Waals surface area contributed by atoms with Crippen LogP contribution in [-0.4, -0.2) is 17.7 Å². The first-order valence-electron chi connectivity index (χ1n) is 4.10. The van der Waals surface area contributed by atoms with Gasteiger partial charge in [-0.3, -0.25) is 0 Å². The normalized spacial score (nSPS) is 7.29. The highest BCUT2D eigenvalue weighted by Gasteiger charge is 1.58. The summed E-state index contributed by atoms with van der Waals surface area (Å²) in [5.41, 5.74) is 0. The second-order valence-electron chi connectivity index (χ2n) is 2.09. The lowest BCUT2D eigenvalue weighted by Crippen LogP contribution is -1.75. The maximum absolute atomic E-state index is 7.12. The van der Waals surface area contributed by atoms with E-state index < -0.39 is 7.69 Å². The van der Waals surface area contributed by atoms with E-state index in [9.17, 15) is 0 Å². The first kappa shape index (κ1) is 12.9. The minimum atomic E-state index is -0.750. The topological polar surface area (TPSA) is 40.5 Å². The summed E-state index contributed by atoms with van der Waals surface area (Å²) >= 11 is 1.71. The summed E-state index contributed by atoms with van der Waals surface area (Å²) in [7, 11) is -0.750. The van der Waals surface area contributed by atoms with E-state index in [1.807, 2.05) is 59.3 Å². The quantitative estimate of drug-likeness (QED) is 0.646. The Hall–Kier alpha value is -1.10. The maximum atomic E-state index is 7.12. The molecule has 1 aromatic heterocycles. The second-order valence-corrected chi connectivity index (χ2v) is 2.91. The van der Waals surface area contributed by atoms with Gasteiger partial charge >= 0.3 is 7.69 Å². The number of thiophene rings is 1. The lowest BCUT2D eigenvalue weighted by atomic mass is 10.4. The van der Waals surface area contributed by atoms with Crippen molar-refractivity contribution in [1.82, 2.24) is 0 Å². The van der Waals surface area contributed by atoms with Crippen LogP contribution in [0.3, 0.4) is 0 Å². The monoisotopic (exact) mass is 208 g/mol. The molecule has 0 radical (unpaired) electrons. The fourth-order valence-electron chi connectivity index (χ4n) is 0.612. The van der Waals surface area contributed by atoms with Crippen LogP contribution in [-0.2, 0) is 0 Å². The Morgan fingerprint density at radius 3 is 1.07 bits per heavy atom. The van der Waals surface area contributed by atoms with E-state index >= 15 is 0 Å². The van der Waals surface area contributed by atoms with Crippen LogP contribution in [0.5, 0.6) is 0 Å². The standard InChI is InChI=1S/C6H6.C4H4S.BH3O2/c1-2-4-6-5-3-1;1-2-4-5-3-1;2-1-3/h1-6H;1-4H;1-3H. The fraction of sp³-hybridized carbons (Fsp3) is 0. The summed E-state index contributed by atoms with van der Waals surface area (Å²) in [5.74, 6) is 0. The second kappa shape index (κ2) is 11.9. The number of hydrogen-bond donors (Lipinski definition) is 2. The van der Waals surface area contributed by atoms with Gasteiger partial charge in [0.15, 0.2) is 0 Å². The Morgan fingerprint density at radius 1 is 0.643 bits per heavy atom. The molecular formula is C10H13BO2S. The molecule has 1 aromatic carbocycles. The Kier molecular flexibility index (Phi) is 11.0. The van der Waals surface area contributed by atoms with Crippen molar-refractivity contribution in [3.8, 4) is 0 Å². The van der Waals surface area contributed by atoms with Crippen LogP contribution in [0.1, 0.15) is 0 Å². The zero-order valence-electron chi connectivity index (χ0n) is 7.78. The first-order valence-corrected chi connectivity index (χ1v) is 5.05. The summed E-state index contributed by atoms with van der Waals surface area (Å²) in [5, 5.41) is 18.3. The molecule has 0 spiro atoms. The van der Waals surface area contributed by atoms with Crippen molar-refractivity contribution in [1.29, 1.82) is 0 Å². The lowest BCUT2D eigenvalue weighted by molar-refractivity contribution is 0.448. The summed E-state index contributed by atoms with van der Waals surface area (Å²) in [6, 6.07) is 16.0. The van der Waals surface area contributed by atoms with Gasteiger partial charge in [0.2, 0.25) is 0 Å². The van der Waals surface area contributed by atoms with Gasteiger partial charge in [0.1, 0.15) is 0 Å². The van der Waals surface area contributed by atoms with Crippen LogP contribution in [0.2, 0.25) is 0 Å². The number of benzene rings is 1. The predicted octanol–water partition coefficient (Wildman–Crippen LogP) is 1.67. The Balaban J connectivity index is 0.000000193. The average molecular weight is 208 g/mol. The van der Waals surface area contributed by atoms with E-state index in [0.717, 1.165) is 0 Å². The van der Waals surface area contributed by atoms with Gasteiger partial charge in [0.25, 0.3) is 0 Å². The molecule has 0 unspecified atom stereocenters. The molecular weight excluding hydrogens is 195 g/mol. The van der Waals surface area contributed by atoms with Crippen molar-refractivity contribution in [3.05, 3.63) is 59.3 Å². The van der Waals surface area contributed by atoms with Crippen molar-refractivity contribution in [2.75, 3.05) is 0 Å². The molecule has 0 saturated heterocycles. The van der Waals surface area contributed by atoms with Gasteiger partial charge in [-0.25, -0.2) is 0 Å². The van der Waals surface area contributed by atoms with Gasteiger partial charge in [-0.1, -0.05) is 48.5 Å². The third-order valence-electron chi connectivity index (χ3n) is 1.09. The Labute approximate surface area is 88.8 Å². The molecule has 2 N–H and O–H groups in total. The summed E-state index contributed by atoms with van der Waals surface area (Å²) in [6.45, 7) is 0. The van der Waals surface area contributed by atoms with Crippen molar-refractivity contribution < 1.29 is 10.0 Å². The molecule has 14 heavy (non-hydrogen) atoms. The van der Waals surface area contributed by atoms with Crippen LogP contribution in [0.4, 0.5) is 0 Å². The van der Waals surface area contributed by atoms with Crippen LogP contribution in [0, 0.1) is 0 Å². The van der Waals surface area contributed by atoms with Crippen LogP contribution in [0.15, 0.2) is 59.3 Å². The van der Waals surface area contributed by atoms with Crippen molar-refractivity contribution >= 4 is 19.0 Å². The van der Waals surface area contributed by atoms with Gasteiger partial charge < -0.3 is 10.0 Å². The first-order chi connectivity index (χ1) is 6.91. The molecule has 4 heteroatoms. The molecule has 74 valence electrons. The highest BCUT2D eigenvalue weighted by Crippen LogP contribution is 1.91. The Morgan fingerprint density at radius 2 is 0.929 bits per heavy atom. The molecule has 0 amide bonds. The molecule has 0 aliphatic rings. The van der Waals surface area contributed by atoms with Crippen molar-refractivity contribution in [3.63, 3.8) is 0 Å². The number of rotatable bonds is 0. The van der Waals surface area contributed by atoms with E-state index in [-0.39, 0.29) is 0 Å². The molecule has 0 aliphatic heterocycles. The minimum Gasteiger partial charge on any atom is -0.430 e. The average Bonchev–Trinajstić information content (AvgIpc) is 2.80. The van der Waals surface area contributed by atoms with Gasteiger partial charge in [-0.15, -0.1) is 0 Å². The molecule has 0 fully saturated rings. The van der Waals surface area contributed by atoms with E-state index in [0.29, 0.717) is 0 Å². The SMILES string of the molecule is OBO.c1ccccc1.c1ccsc1. The molecule has 1 heterocycles. The molecule has 0 bridgehead atoms. The highest BCUT2D eigenvalue weighted by atomic mass is 32.1. The van der Waals surface area contributed by atoms with E-state index in [1.165, 1.54) is 0 Å². The van der Waals surface area contributed by atoms with Crippen LogP contribution < -0.4 is 0 Å². The van der Waals surface area contributed by atoms with Crippen LogP contribution >= 0.6 is 11.3 Å². The number of hydrogen-bond acceptors (Lipinski definition) is 3. The van der Waals surface area contributed by atoms with Crippen LogP contribution in [0.25, 0.3) is 0 Å². The van der Waals surface area contributed by atoms with E-state index in [2.05, 4.69) is 0 Å². The highest BCUT2D eigenvalue weighted by molar-refractivity contribution is 7.07. The summed E-state index contributed by atoms with van der Waals surface area (Å²) < 4.78 is 0. The van der Waals surface area contributed by atoms with E-state index in [4.69, 9.17) is 10.0 Å². The molecule has 2 rings (SSSR count). The van der Waals surface area contributed by atoms with Gasteiger partial charge in [0.05, 0.1) is 0 Å². The molecule has 2 nitrogen and oxygen atoms in total. The smallest absolute Gasteiger partial charge is 0.430 e. The summed E-state index contributed by atoms with van der Waals surface area (Å²) in [6.07, 6.45) is 0. The minimum absolute atomic E-state index is 0.750. The third-order valence-corrected chi connectivity index (χ3v) is 1.72. The Bertz CT molecular complexity index is 217. The molecule has 0 saturated carbocycles. The maximum Gasteiger partial charge on any atom is 0.432 e. The van der Waals surface area contributed by atoms with Gasteiger partial charge in [-0.05, 0) is 10.8 Å². The fourth-order valence-corrected chi connectivity index (χ4v) is 1.07.